The highest BCUT2D eigenvalue weighted by Gasteiger charge is 2.40. The SMILES string of the molecule is CCc1ccc(C(=O)N2CCN(CC3(CO)COC3)CC2)cc1. The summed E-state index contributed by atoms with van der Waals surface area (Å²) in [6.45, 7) is 7.66. The number of aliphatic hydroxyl groups excluding tert-OH is 1. The molecule has 0 atom stereocenters. The van der Waals surface area contributed by atoms with E-state index in [0.717, 1.165) is 44.7 Å². The molecule has 1 aromatic carbocycles. The monoisotopic (exact) mass is 318 g/mol. The number of piperazine rings is 1. The van der Waals surface area contributed by atoms with Crippen molar-refractivity contribution in [2.75, 3.05) is 52.5 Å². The van der Waals surface area contributed by atoms with Crippen LogP contribution in [0.5, 0.6) is 0 Å². The third kappa shape index (κ3) is 3.57. The fourth-order valence-electron chi connectivity index (χ4n) is 3.27. The van der Waals surface area contributed by atoms with Crippen LogP contribution in [0.4, 0.5) is 0 Å². The largest absolute Gasteiger partial charge is 0.396 e. The van der Waals surface area contributed by atoms with Gasteiger partial charge in [-0.25, -0.2) is 0 Å². The molecule has 0 aliphatic carbocycles. The molecule has 2 heterocycles. The maximum absolute atomic E-state index is 12.6. The predicted molar refractivity (Wildman–Crippen MR) is 88.5 cm³/mol. The molecule has 0 aromatic heterocycles. The van der Waals surface area contributed by atoms with Gasteiger partial charge in [-0.2, -0.15) is 0 Å². The molecule has 0 unspecified atom stereocenters. The first-order valence-electron chi connectivity index (χ1n) is 8.45. The van der Waals surface area contributed by atoms with Crippen molar-refractivity contribution in [1.29, 1.82) is 0 Å². The third-order valence-electron chi connectivity index (χ3n) is 4.98. The lowest BCUT2D eigenvalue weighted by atomic mass is 9.86. The van der Waals surface area contributed by atoms with Gasteiger partial charge in [0, 0.05) is 38.3 Å². The summed E-state index contributed by atoms with van der Waals surface area (Å²) >= 11 is 0. The lowest BCUT2D eigenvalue weighted by molar-refractivity contribution is -0.150. The van der Waals surface area contributed by atoms with Crippen molar-refractivity contribution in [1.82, 2.24) is 9.80 Å². The molecule has 0 saturated carbocycles. The number of aliphatic hydroxyl groups is 1. The standard InChI is InChI=1S/C18H26N2O3/c1-2-15-3-5-16(6-4-15)17(22)20-9-7-19(8-10-20)11-18(12-21)13-23-14-18/h3-6,21H,2,7-14H2,1H3. The fourth-order valence-corrected chi connectivity index (χ4v) is 3.27. The Kier molecular flexibility index (Phi) is 4.99. The van der Waals surface area contributed by atoms with Gasteiger partial charge in [0.25, 0.3) is 5.91 Å². The molecule has 1 aromatic rings. The number of amides is 1. The molecule has 0 spiro atoms. The molecule has 2 fully saturated rings. The number of hydrogen-bond donors (Lipinski definition) is 1. The van der Waals surface area contributed by atoms with Crippen LogP contribution < -0.4 is 0 Å². The molecule has 2 saturated heterocycles. The summed E-state index contributed by atoms with van der Waals surface area (Å²) in [6, 6.07) is 7.93. The zero-order valence-electron chi connectivity index (χ0n) is 13.8. The van der Waals surface area contributed by atoms with Crippen LogP contribution >= 0.6 is 0 Å². The van der Waals surface area contributed by atoms with E-state index in [1.165, 1.54) is 5.56 Å². The van der Waals surface area contributed by atoms with Gasteiger partial charge in [-0.3, -0.25) is 9.69 Å². The molecule has 2 aliphatic rings. The van der Waals surface area contributed by atoms with Gasteiger partial charge < -0.3 is 14.7 Å². The molecule has 2 aliphatic heterocycles. The average Bonchev–Trinajstić information content (AvgIpc) is 2.58. The highest BCUT2D eigenvalue weighted by Crippen LogP contribution is 2.28. The first-order valence-corrected chi connectivity index (χ1v) is 8.45. The van der Waals surface area contributed by atoms with Crippen molar-refractivity contribution in [3.05, 3.63) is 35.4 Å². The summed E-state index contributed by atoms with van der Waals surface area (Å²) in [6.07, 6.45) is 0.990. The molecular weight excluding hydrogens is 292 g/mol. The van der Waals surface area contributed by atoms with E-state index in [2.05, 4.69) is 11.8 Å². The number of hydrogen-bond acceptors (Lipinski definition) is 4. The Labute approximate surface area is 137 Å². The van der Waals surface area contributed by atoms with Crippen LogP contribution in [-0.2, 0) is 11.2 Å². The molecule has 23 heavy (non-hydrogen) atoms. The van der Waals surface area contributed by atoms with Gasteiger partial charge >= 0.3 is 0 Å². The van der Waals surface area contributed by atoms with Crippen molar-refractivity contribution < 1.29 is 14.6 Å². The zero-order valence-corrected chi connectivity index (χ0v) is 13.8. The first kappa shape index (κ1) is 16.4. The maximum Gasteiger partial charge on any atom is 0.253 e. The minimum atomic E-state index is -0.0812. The number of carbonyl (C=O) groups excluding carboxylic acids is 1. The van der Waals surface area contributed by atoms with Crippen LogP contribution in [0.25, 0.3) is 0 Å². The number of aryl methyl sites for hydroxylation is 1. The Bertz CT molecular complexity index is 526. The van der Waals surface area contributed by atoms with Crippen LogP contribution in [0.2, 0.25) is 0 Å². The highest BCUT2D eigenvalue weighted by atomic mass is 16.5. The van der Waals surface area contributed by atoms with E-state index in [1.807, 2.05) is 29.2 Å². The predicted octanol–water partition coefficient (Wildman–Crippen LogP) is 1.02. The smallest absolute Gasteiger partial charge is 0.253 e. The molecule has 126 valence electrons. The summed E-state index contributed by atoms with van der Waals surface area (Å²) in [7, 11) is 0. The van der Waals surface area contributed by atoms with E-state index in [0.29, 0.717) is 13.2 Å². The van der Waals surface area contributed by atoms with Crippen molar-refractivity contribution >= 4 is 5.91 Å². The minimum absolute atomic E-state index is 0.0812. The molecule has 1 N–H and O–H groups in total. The first-order chi connectivity index (χ1) is 11.2. The number of ether oxygens (including phenoxy) is 1. The van der Waals surface area contributed by atoms with E-state index in [1.54, 1.807) is 0 Å². The minimum Gasteiger partial charge on any atom is -0.396 e. The van der Waals surface area contributed by atoms with Gasteiger partial charge in [-0.15, -0.1) is 0 Å². The molecule has 1 amide bonds. The van der Waals surface area contributed by atoms with Gasteiger partial charge in [0.2, 0.25) is 0 Å². The van der Waals surface area contributed by atoms with Crippen molar-refractivity contribution in [2.24, 2.45) is 5.41 Å². The molecule has 3 rings (SSSR count). The third-order valence-corrected chi connectivity index (χ3v) is 4.98. The molecular formula is C18H26N2O3. The molecule has 0 bridgehead atoms. The Balaban J connectivity index is 1.52. The van der Waals surface area contributed by atoms with E-state index < -0.39 is 0 Å². The van der Waals surface area contributed by atoms with Gasteiger partial charge in [0.05, 0.1) is 25.2 Å². The van der Waals surface area contributed by atoms with Gasteiger partial charge in [0.15, 0.2) is 0 Å². The fraction of sp³-hybridized carbons (Fsp3) is 0.611. The van der Waals surface area contributed by atoms with Crippen molar-refractivity contribution in [3.8, 4) is 0 Å². The maximum atomic E-state index is 12.6. The molecule has 5 nitrogen and oxygen atoms in total. The second-order valence-electron chi connectivity index (χ2n) is 6.77. The van der Waals surface area contributed by atoms with Crippen LogP contribution in [0.1, 0.15) is 22.8 Å². The van der Waals surface area contributed by atoms with E-state index >= 15 is 0 Å². The zero-order chi connectivity index (χ0) is 16.3. The quantitative estimate of drug-likeness (QED) is 0.880. The molecule has 0 radical (unpaired) electrons. The van der Waals surface area contributed by atoms with Crippen LogP contribution in [0.15, 0.2) is 24.3 Å². The van der Waals surface area contributed by atoms with Crippen LogP contribution in [0.3, 0.4) is 0 Å². The summed E-state index contributed by atoms with van der Waals surface area (Å²) in [4.78, 5) is 16.8. The Morgan fingerprint density at radius 3 is 2.30 bits per heavy atom. The number of nitrogens with zero attached hydrogens (tertiary/aromatic N) is 2. The second-order valence-corrected chi connectivity index (χ2v) is 6.77. The number of rotatable bonds is 5. The Morgan fingerprint density at radius 2 is 1.83 bits per heavy atom. The van der Waals surface area contributed by atoms with Crippen molar-refractivity contribution in [2.45, 2.75) is 13.3 Å². The lowest BCUT2D eigenvalue weighted by Crippen LogP contribution is -2.57. The van der Waals surface area contributed by atoms with E-state index in [-0.39, 0.29) is 17.9 Å². The summed E-state index contributed by atoms with van der Waals surface area (Å²) in [5, 5.41) is 9.53. The number of benzene rings is 1. The topological polar surface area (TPSA) is 53.0 Å². The average molecular weight is 318 g/mol. The lowest BCUT2D eigenvalue weighted by Gasteiger charge is -2.45. The normalized spacial score (nSPS) is 21.0. The summed E-state index contributed by atoms with van der Waals surface area (Å²) in [5.74, 6) is 0.121. The Morgan fingerprint density at radius 1 is 1.17 bits per heavy atom. The highest BCUT2D eigenvalue weighted by molar-refractivity contribution is 5.94. The molecule has 5 heteroatoms. The van der Waals surface area contributed by atoms with Crippen LogP contribution in [0, 0.1) is 5.41 Å². The summed E-state index contributed by atoms with van der Waals surface area (Å²) in [5.41, 5.74) is 1.94. The van der Waals surface area contributed by atoms with E-state index in [4.69, 9.17) is 4.74 Å². The van der Waals surface area contributed by atoms with E-state index in [9.17, 15) is 9.90 Å². The number of carbonyl (C=O) groups is 1. The van der Waals surface area contributed by atoms with Crippen LogP contribution in [-0.4, -0.2) is 73.4 Å². The Hall–Kier alpha value is -1.43. The van der Waals surface area contributed by atoms with Gasteiger partial charge in [-0.05, 0) is 24.1 Å². The van der Waals surface area contributed by atoms with Crippen molar-refractivity contribution in [3.63, 3.8) is 0 Å². The van der Waals surface area contributed by atoms with Gasteiger partial charge in [-0.1, -0.05) is 19.1 Å². The second kappa shape index (κ2) is 6.99. The van der Waals surface area contributed by atoms with Gasteiger partial charge in [0.1, 0.15) is 0 Å². The summed E-state index contributed by atoms with van der Waals surface area (Å²) < 4.78 is 5.26.